The van der Waals surface area contributed by atoms with Crippen LogP contribution in [-0.4, -0.2) is 25.4 Å². The minimum atomic E-state index is -4.59. The molecule has 7 heteroatoms. The second-order valence-electron chi connectivity index (χ2n) is 12.4. The molecule has 0 aliphatic heterocycles. The molecule has 0 radical (unpaired) electrons. The normalized spacial score (nSPS) is 39.2. The summed E-state index contributed by atoms with van der Waals surface area (Å²) in [7, 11) is -4.59. The number of carbonyl (C=O) groups is 1. The van der Waals surface area contributed by atoms with Crippen molar-refractivity contribution in [3.05, 3.63) is 11.6 Å². The van der Waals surface area contributed by atoms with Gasteiger partial charge in [-0.05, 0) is 91.3 Å². The van der Waals surface area contributed by atoms with Crippen molar-refractivity contribution in [2.75, 3.05) is 6.61 Å². The Kier molecular flexibility index (Phi) is 9.29. The second kappa shape index (κ2) is 10.9. The van der Waals surface area contributed by atoms with Crippen LogP contribution in [-0.2, 0) is 19.4 Å². The van der Waals surface area contributed by atoms with Crippen molar-refractivity contribution >= 4 is 16.2 Å². The largest absolute Gasteiger partial charge is 1.00 e. The van der Waals surface area contributed by atoms with Gasteiger partial charge < -0.3 is 4.55 Å². The summed E-state index contributed by atoms with van der Waals surface area (Å²) in [5.74, 6) is 3.86. The van der Waals surface area contributed by atoms with Gasteiger partial charge in [-0.25, -0.2) is 8.42 Å². The third-order valence-electron chi connectivity index (χ3n) is 10.5. The first-order valence-corrected chi connectivity index (χ1v) is 14.6. The Morgan fingerprint density at radius 3 is 2.50 bits per heavy atom. The number of hydrogen-bond acceptors (Lipinski definition) is 5. The van der Waals surface area contributed by atoms with E-state index in [1.54, 1.807) is 5.57 Å². The van der Waals surface area contributed by atoms with Crippen LogP contribution in [0.25, 0.3) is 0 Å². The standard InChI is InChI=1S/C27H44O5S.Na/c1-18(17-32-33(29,30)31)6-5-7-19(2)23-10-11-24-22-9-8-20-16-21(28)12-14-26(20,3)25(22)13-15-27(23,24)4;/h9,18-20,23-25H,5-8,10-17H2,1-4H3,(H,29,30,31);/q;+1/p-1/t18-,19+,20-,23+,24-,25?,26-,27+;/m0./s1. The minimum Gasteiger partial charge on any atom is -0.726 e. The summed E-state index contributed by atoms with van der Waals surface area (Å²) in [6, 6.07) is 0. The molecule has 5 nitrogen and oxygen atoms in total. The van der Waals surface area contributed by atoms with E-state index < -0.39 is 10.4 Å². The molecule has 0 aromatic rings. The maximum Gasteiger partial charge on any atom is 1.00 e. The Morgan fingerprint density at radius 1 is 1.09 bits per heavy atom. The first-order valence-electron chi connectivity index (χ1n) is 13.3. The molecule has 0 spiro atoms. The third kappa shape index (κ3) is 5.72. The monoisotopic (exact) mass is 502 g/mol. The second-order valence-corrected chi connectivity index (χ2v) is 13.5. The van der Waals surface area contributed by atoms with Gasteiger partial charge in [0.1, 0.15) is 5.78 Å². The average molecular weight is 503 g/mol. The van der Waals surface area contributed by atoms with E-state index in [9.17, 15) is 17.8 Å². The van der Waals surface area contributed by atoms with E-state index in [2.05, 4.69) is 31.0 Å². The van der Waals surface area contributed by atoms with Crippen LogP contribution < -0.4 is 29.6 Å². The van der Waals surface area contributed by atoms with Crippen LogP contribution in [0.5, 0.6) is 0 Å². The molecule has 0 saturated heterocycles. The van der Waals surface area contributed by atoms with E-state index in [4.69, 9.17) is 0 Å². The van der Waals surface area contributed by atoms with Crippen LogP contribution >= 0.6 is 0 Å². The fourth-order valence-corrected chi connectivity index (χ4v) is 8.95. The van der Waals surface area contributed by atoms with Crippen LogP contribution in [0.15, 0.2) is 11.6 Å². The number of hydrogen-bond donors (Lipinski definition) is 0. The van der Waals surface area contributed by atoms with E-state index in [-0.39, 0.29) is 42.1 Å². The third-order valence-corrected chi connectivity index (χ3v) is 10.9. The zero-order valence-electron chi connectivity index (χ0n) is 22.0. The number of Topliss-reactive ketones (excluding diaryl/α,β-unsaturated/α-hetero) is 1. The van der Waals surface area contributed by atoms with E-state index in [1.165, 1.54) is 25.7 Å². The van der Waals surface area contributed by atoms with Gasteiger partial charge in [0.05, 0.1) is 6.61 Å². The molecule has 8 atom stereocenters. The quantitative estimate of drug-likeness (QED) is 0.220. The molecule has 0 N–H and O–H groups in total. The van der Waals surface area contributed by atoms with E-state index >= 15 is 0 Å². The molecule has 0 bridgehead atoms. The predicted octanol–water partition coefficient (Wildman–Crippen LogP) is 3.06. The molecule has 1 unspecified atom stereocenters. The fourth-order valence-electron chi connectivity index (χ4n) is 8.55. The van der Waals surface area contributed by atoms with Crippen molar-refractivity contribution in [3.63, 3.8) is 0 Å². The van der Waals surface area contributed by atoms with Crippen molar-refractivity contribution in [2.45, 2.75) is 98.3 Å². The van der Waals surface area contributed by atoms with Crippen molar-refractivity contribution in [1.29, 1.82) is 0 Å². The Bertz CT molecular complexity index is 885. The molecular weight excluding hydrogens is 459 g/mol. The van der Waals surface area contributed by atoms with Gasteiger partial charge in [0.15, 0.2) is 0 Å². The summed E-state index contributed by atoms with van der Waals surface area (Å²) in [6.07, 6.45) is 14.6. The molecule has 4 aliphatic carbocycles. The molecule has 34 heavy (non-hydrogen) atoms. The van der Waals surface area contributed by atoms with Crippen molar-refractivity contribution < 1.29 is 51.5 Å². The Labute approximate surface area is 229 Å². The Balaban J connectivity index is 0.00000324. The molecular formula is C27H43NaO5S. The van der Waals surface area contributed by atoms with Crippen LogP contribution in [0.2, 0.25) is 0 Å². The molecule has 0 heterocycles. The summed E-state index contributed by atoms with van der Waals surface area (Å²) < 4.78 is 36.5. The van der Waals surface area contributed by atoms with Gasteiger partial charge in [-0.3, -0.25) is 8.98 Å². The molecule has 188 valence electrons. The summed E-state index contributed by atoms with van der Waals surface area (Å²) in [4.78, 5) is 12.1. The van der Waals surface area contributed by atoms with Gasteiger partial charge in [0, 0.05) is 12.8 Å². The molecule has 3 fully saturated rings. The van der Waals surface area contributed by atoms with Crippen LogP contribution in [0, 0.1) is 46.3 Å². The van der Waals surface area contributed by atoms with Gasteiger partial charge in [-0.15, -0.1) is 0 Å². The van der Waals surface area contributed by atoms with E-state index in [1.807, 2.05) is 6.92 Å². The molecule has 0 aromatic carbocycles. The summed E-state index contributed by atoms with van der Waals surface area (Å²) in [6.45, 7) is 9.39. The van der Waals surface area contributed by atoms with Gasteiger partial charge >= 0.3 is 29.6 Å². The average Bonchev–Trinajstić information content (AvgIpc) is 3.09. The first-order chi connectivity index (χ1) is 15.4. The maximum absolute atomic E-state index is 12.1. The molecule has 4 aliphatic rings. The smallest absolute Gasteiger partial charge is 0.726 e. The molecule has 0 aromatic heterocycles. The van der Waals surface area contributed by atoms with Crippen LogP contribution in [0.1, 0.15) is 98.3 Å². The summed E-state index contributed by atoms with van der Waals surface area (Å²) >= 11 is 0. The first kappa shape index (κ1) is 28.8. The topological polar surface area (TPSA) is 83.5 Å². The van der Waals surface area contributed by atoms with Crippen molar-refractivity contribution in [3.8, 4) is 0 Å². The number of allylic oxidation sites excluding steroid dienone is 2. The van der Waals surface area contributed by atoms with Crippen molar-refractivity contribution in [1.82, 2.24) is 0 Å². The number of carbonyl (C=O) groups excluding carboxylic acids is 1. The van der Waals surface area contributed by atoms with Gasteiger partial charge in [-0.1, -0.05) is 52.2 Å². The van der Waals surface area contributed by atoms with Crippen LogP contribution in [0.3, 0.4) is 0 Å². The van der Waals surface area contributed by atoms with Gasteiger partial charge in [0.25, 0.3) is 0 Å². The van der Waals surface area contributed by atoms with Crippen LogP contribution in [0.4, 0.5) is 0 Å². The Hall–Kier alpha value is 0.280. The minimum absolute atomic E-state index is 0. The zero-order chi connectivity index (χ0) is 24.0. The zero-order valence-corrected chi connectivity index (χ0v) is 24.8. The number of ketones is 1. The van der Waals surface area contributed by atoms with Gasteiger partial charge in [-0.2, -0.15) is 0 Å². The van der Waals surface area contributed by atoms with Gasteiger partial charge in [0.2, 0.25) is 10.4 Å². The Morgan fingerprint density at radius 2 is 1.79 bits per heavy atom. The van der Waals surface area contributed by atoms with E-state index in [0.717, 1.165) is 50.9 Å². The number of fused-ring (bicyclic) bond motifs is 5. The van der Waals surface area contributed by atoms with Crippen molar-refractivity contribution in [2.24, 2.45) is 46.3 Å². The SMILES string of the molecule is C[C@@H](CCC[C@@H](C)[C@H]1CC[C@H]2C3=CC[C@H]4CC(=O)CC[C@]4(C)C3CC[C@]12C)COS(=O)(=O)[O-].[Na+]. The molecule has 0 amide bonds. The predicted molar refractivity (Wildman–Crippen MR) is 128 cm³/mol. The number of rotatable bonds is 8. The van der Waals surface area contributed by atoms with E-state index in [0.29, 0.717) is 40.3 Å². The molecule has 4 rings (SSSR count). The fraction of sp³-hybridized carbons (Fsp3) is 0.889. The maximum atomic E-state index is 12.1. The summed E-state index contributed by atoms with van der Waals surface area (Å²) in [5, 5.41) is 0. The summed E-state index contributed by atoms with van der Waals surface area (Å²) in [5.41, 5.74) is 2.44. The molecule has 3 saturated carbocycles.